The molecule has 164 valence electrons. The fourth-order valence-corrected chi connectivity index (χ4v) is 1.98. The normalized spacial score (nSPS) is 10.7. The predicted molar refractivity (Wildman–Crippen MR) is 99.9 cm³/mol. The zero-order chi connectivity index (χ0) is 20.7. The molecule has 0 aromatic carbocycles. The molecule has 11 nitrogen and oxygen atoms in total. The molecule has 0 aromatic heterocycles. The minimum Gasteiger partial charge on any atom is -0.460 e. The summed E-state index contributed by atoms with van der Waals surface area (Å²) in [7, 11) is -4.22. The maximum Gasteiger partial charge on any atom is 0.472 e. The van der Waals surface area contributed by atoms with Gasteiger partial charge < -0.3 is 30.0 Å². The van der Waals surface area contributed by atoms with Gasteiger partial charge in [0.1, 0.15) is 13.2 Å². The summed E-state index contributed by atoms with van der Waals surface area (Å²) in [5, 5.41) is 0. The molecule has 0 radical (unpaired) electrons. The van der Waals surface area contributed by atoms with Gasteiger partial charge in [-0.05, 0) is 13.8 Å². The summed E-state index contributed by atoms with van der Waals surface area (Å²) in [4.78, 5) is 31.6. The van der Waals surface area contributed by atoms with E-state index in [1.54, 1.807) is 0 Å². The van der Waals surface area contributed by atoms with E-state index >= 15 is 0 Å². The number of hydrogen-bond donors (Lipinski definition) is 2. The molecule has 0 heterocycles. The van der Waals surface area contributed by atoms with Gasteiger partial charge in [-0.3, -0.25) is 9.05 Å². The van der Waals surface area contributed by atoms with Gasteiger partial charge in [0.25, 0.3) is 0 Å². The summed E-state index contributed by atoms with van der Waals surface area (Å²) in [6, 6.07) is 0. The second kappa shape index (κ2) is 16.4. The van der Waals surface area contributed by atoms with Crippen LogP contribution in [-0.4, -0.2) is 69.7 Å². The number of ether oxygens (including phenoxy) is 4. The predicted octanol–water partition coefficient (Wildman–Crippen LogP) is 1.55. The molecule has 0 aromatic rings. The smallest absolute Gasteiger partial charge is 0.460 e. The van der Waals surface area contributed by atoms with Crippen molar-refractivity contribution in [1.82, 2.24) is 6.15 Å². The number of esters is 2. The Morgan fingerprint density at radius 2 is 1.07 bits per heavy atom. The first-order valence-corrected chi connectivity index (χ1v) is 9.58. The van der Waals surface area contributed by atoms with Crippen LogP contribution in [-0.2, 0) is 42.1 Å². The SMILES string of the molecule is C=C(C)C(=O)OCCOCCOP(=O)(O)OCCOCCOC(=O)C(=C)C.N. The quantitative estimate of drug-likeness (QED) is 0.159. The molecule has 4 N–H and O–H groups in total. The Hall–Kier alpha value is -1.59. The molecule has 0 saturated carbocycles. The van der Waals surface area contributed by atoms with Gasteiger partial charge in [0.15, 0.2) is 0 Å². The highest BCUT2D eigenvalue weighted by atomic mass is 31.2. The molecule has 0 aliphatic carbocycles. The minimum absolute atomic E-state index is 0. The molecule has 0 aliphatic rings. The summed E-state index contributed by atoms with van der Waals surface area (Å²) in [5.74, 6) is -1.03. The zero-order valence-corrected chi connectivity index (χ0v) is 17.2. The first-order chi connectivity index (χ1) is 12.7. The van der Waals surface area contributed by atoms with Gasteiger partial charge in [-0.25, -0.2) is 14.2 Å². The van der Waals surface area contributed by atoms with E-state index in [1.165, 1.54) is 13.8 Å². The third-order valence-electron chi connectivity index (χ3n) is 2.58. The molecule has 12 heteroatoms. The average molecular weight is 427 g/mol. The third kappa shape index (κ3) is 16.6. The highest BCUT2D eigenvalue weighted by Crippen LogP contribution is 2.42. The minimum atomic E-state index is -4.22. The zero-order valence-electron chi connectivity index (χ0n) is 16.3. The Labute approximate surface area is 164 Å². The molecule has 0 bridgehead atoms. The van der Waals surface area contributed by atoms with Crippen LogP contribution < -0.4 is 6.15 Å². The molecule has 0 aliphatic heterocycles. The summed E-state index contributed by atoms with van der Waals surface area (Å²) in [5.41, 5.74) is 0.571. The maximum absolute atomic E-state index is 11.6. The topological polar surface area (TPSA) is 162 Å². The van der Waals surface area contributed by atoms with Crippen LogP contribution in [0.4, 0.5) is 0 Å². The van der Waals surface area contributed by atoms with Crippen molar-refractivity contribution in [3.63, 3.8) is 0 Å². The van der Waals surface area contributed by atoms with Crippen molar-refractivity contribution in [3.8, 4) is 0 Å². The largest absolute Gasteiger partial charge is 0.472 e. The highest BCUT2D eigenvalue weighted by molar-refractivity contribution is 7.47. The number of rotatable bonds is 16. The average Bonchev–Trinajstić information content (AvgIpc) is 2.59. The van der Waals surface area contributed by atoms with E-state index in [2.05, 4.69) is 22.2 Å². The number of phosphoric ester groups is 1. The fraction of sp³-hybridized carbons (Fsp3) is 0.625. The standard InChI is InChI=1S/C16H27O10P.H3N/c1-13(2)15(17)23-9-5-21-7-11-25-27(19,20)26-12-8-22-6-10-24-16(18)14(3)4;/h1,3,5-12H2,2,4H3,(H,19,20);1H3. The van der Waals surface area contributed by atoms with Crippen LogP contribution in [0.25, 0.3) is 0 Å². The van der Waals surface area contributed by atoms with Crippen molar-refractivity contribution in [3.05, 3.63) is 24.3 Å². The number of carbonyl (C=O) groups is 2. The van der Waals surface area contributed by atoms with Crippen LogP contribution in [0, 0.1) is 0 Å². The van der Waals surface area contributed by atoms with Crippen LogP contribution in [0.5, 0.6) is 0 Å². The van der Waals surface area contributed by atoms with Gasteiger partial charge in [0, 0.05) is 11.1 Å². The number of hydrogen-bond acceptors (Lipinski definition) is 10. The Kier molecular flexibility index (Phi) is 16.7. The van der Waals surface area contributed by atoms with Gasteiger partial charge in [-0.1, -0.05) is 13.2 Å². The van der Waals surface area contributed by atoms with Crippen LogP contribution in [0.2, 0.25) is 0 Å². The molecule has 0 atom stereocenters. The monoisotopic (exact) mass is 427 g/mol. The highest BCUT2D eigenvalue weighted by Gasteiger charge is 2.20. The molecular formula is C16H30NO10P. The molecule has 0 unspecified atom stereocenters. The van der Waals surface area contributed by atoms with Crippen LogP contribution in [0.15, 0.2) is 24.3 Å². The Bertz CT molecular complexity index is 508. The Morgan fingerprint density at radius 1 is 0.750 bits per heavy atom. The van der Waals surface area contributed by atoms with Gasteiger partial charge in [0.2, 0.25) is 0 Å². The van der Waals surface area contributed by atoms with E-state index in [0.29, 0.717) is 0 Å². The molecule has 0 spiro atoms. The summed E-state index contributed by atoms with van der Waals surface area (Å²) in [6.45, 7) is 9.89. The maximum atomic E-state index is 11.6. The van der Waals surface area contributed by atoms with E-state index in [9.17, 15) is 19.0 Å². The summed E-state index contributed by atoms with van der Waals surface area (Å²) < 4.78 is 40.7. The van der Waals surface area contributed by atoms with E-state index in [-0.39, 0.29) is 70.2 Å². The first-order valence-electron chi connectivity index (χ1n) is 8.08. The van der Waals surface area contributed by atoms with Gasteiger partial charge in [0.05, 0.1) is 39.6 Å². The lowest BCUT2D eigenvalue weighted by Crippen LogP contribution is -2.14. The second-order valence-electron chi connectivity index (χ2n) is 5.19. The molecule has 0 amide bonds. The van der Waals surface area contributed by atoms with Gasteiger partial charge in [-0.2, -0.15) is 0 Å². The van der Waals surface area contributed by atoms with Crippen molar-refractivity contribution in [2.24, 2.45) is 0 Å². The van der Waals surface area contributed by atoms with Crippen LogP contribution in [0.3, 0.4) is 0 Å². The Morgan fingerprint density at radius 3 is 1.39 bits per heavy atom. The van der Waals surface area contributed by atoms with Gasteiger partial charge >= 0.3 is 19.8 Å². The van der Waals surface area contributed by atoms with E-state index in [1.807, 2.05) is 0 Å². The van der Waals surface area contributed by atoms with Crippen molar-refractivity contribution in [2.75, 3.05) is 52.9 Å². The van der Waals surface area contributed by atoms with Crippen molar-refractivity contribution in [1.29, 1.82) is 0 Å². The molecule has 28 heavy (non-hydrogen) atoms. The second-order valence-corrected chi connectivity index (χ2v) is 6.65. The van der Waals surface area contributed by atoms with E-state index in [0.717, 1.165) is 0 Å². The molecule has 0 fully saturated rings. The van der Waals surface area contributed by atoms with E-state index in [4.69, 9.17) is 18.9 Å². The summed E-state index contributed by atoms with van der Waals surface area (Å²) >= 11 is 0. The van der Waals surface area contributed by atoms with Crippen molar-refractivity contribution >= 4 is 19.8 Å². The Balaban J connectivity index is 0. The van der Waals surface area contributed by atoms with Crippen molar-refractivity contribution < 1.29 is 47.0 Å². The van der Waals surface area contributed by atoms with Crippen LogP contribution >= 0.6 is 7.82 Å². The number of carbonyl (C=O) groups excluding carboxylic acids is 2. The molecule has 0 rings (SSSR count). The fourth-order valence-electron chi connectivity index (χ4n) is 1.30. The lowest BCUT2D eigenvalue weighted by molar-refractivity contribution is -0.141. The first kappa shape index (κ1) is 28.6. The molecule has 0 saturated heterocycles. The third-order valence-corrected chi connectivity index (χ3v) is 3.60. The van der Waals surface area contributed by atoms with Gasteiger partial charge in [-0.15, -0.1) is 0 Å². The lowest BCUT2D eigenvalue weighted by Gasteiger charge is -2.12. The lowest BCUT2D eigenvalue weighted by atomic mass is 10.4. The van der Waals surface area contributed by atoms with Crippen molar-refractivity contribution in [2.45, 2.75) is 13.8 Å². The number of phosphoric acid groups is 1. The summed E-state index contributed by atoms with van der Waals surface area (Å²) in [6.07, 6.45) is 0. The molecular weight excluding hydrogens is 397 g/mol. The van der Waals surface area contributed by atoms with Crippen LogP contribution in [0.1, 0.15) is 13.8 Å². The van der Waals surface area contributed by atoms with E-state index < -0.39 is 19.8 Å².